The normalized spacial score (nSPS) is 10.0. The van der Waals surface area contributed by atoms with E-state index in [0.29, 0.717) is 0 Å². The average molecular weight is 228 g/mol. The lowest BCUT2D eigenvalue weighted by atomic mass is 10.2. The number of carbonyl (C=O) groups is 1. The predicted molar refractivity (Wildman–Crippen MR) is 68.5 cm³/mol. The van der Waals surface area contributed by atoms with Crippen LogP contribution in [-0.4, -0.2) is 5.12 Å². The molecule has 0 saturated heterocycles. The van der Waals surface area contributed by atoms with Crippen LogP contribution in [0.4, 0.5) is 0 Å². The highest BCUT2D eigenvalue weighted by Crippen LogP contribution is 2.17. The van der Waals surface area contributed by atoms with Gasteiger partial charge in [0.25, 0.3) is 0 Å². The minimum Gasteiger partial charge on any atom is -0.282 e. The van der Waals surface area contributed by atoms with E-state index in [1.807, 2.05) is 60.7 Å². The second-order valence-electron chi connectivity index (χ2n) is 3.43. The molecular formula is C14H12OS. The Morgan fingerprint density at radius 3 is 2.06 bits per heavy atom. The van der Waals surface area contributed by atoms with Crippen LogP contribution in [0.25, 0.3) is 0 Å². The molecule has 0 amide bonds. The van der Waals surface area contributed by atoms with Gasteiger partial charge in [0.2, 0.25) is 5.12 Å². The molecule has 0 atom stereocenters. The highest BCUT2D eigenvalue weighted by Gasteiger charge is 2.05. The first-order valence-corrected chi connectivity index (χ1v) is 6.11. The highest BCUT2D eigenvalue weighted by atomic mass is 32.2. The molecule has 0 radical (unpaired) electrons. The largest absolute Gasteiger partial charge is 0.282 e. The maximum Gasteiger partial charge on any atom is 0.219 e. The van der Waals surface area contributed by atoms with Gasteiger partial charge < -0.3 is 0 Å². The van der Waals surface area contributed by atoms with E-state index in [2.05, 4.69) is 0 Å². The van der Waals surface area contributed by atoms with Gasteiger partial charge >= 0.3 is 0 Å². The summed E-state index contributed by atoms with van der Waals surface area (Å²) < 4.78 is 0. The zero-order valence-electron chi connectivity index (χ0n) is 8.80. The summed E-state index contributed by atoms with van der Waals surface area (Å²) in [5.41, 5.74) is 1.94. The molecule has 0 aliphatic heterocycles. The van der Waals surface area contributed by atoms with Crippen molar-refractivity contribution in [1.82, 2.24) is 0 Å². The maximum absolute atomic E-state index is 11.8. The van der Waals surface area contributed by atoms with Crippen LogP contribution in [-0.2, 0) is 5.75 Å². The molecule has 2 heteroatoms. The molecule has 2 aromatic rings. The van der Waals surface area contributed by atoms with Gasteiger partial charge in [-0.05, 0) is 5.56 Å². The SMILES string of the molecule is O=C(SCc1ccccc1)c1ccccc1. The van der Waals surface area contributed by atoms with Gasteiger partial charge in [-0.2, -0.15) is 0 Å². The molecule has 0 saturated carbocycles. The Morgan fingerprint density at radius 1 is 0.875 bits per heavy atom. The third kappa shape index (κ3) is 2.97. The van der Waals surface area contributed by atoms with E-state index in [0.717, 1.165) is 11.3 Å². The minimum absolute atomic E-state index is 0.129. The van der Waals surface area contributed by atoms with Crippen molar-refractivity contribution in [3.05, 3.63) is 71.8 Å². The zero-order valence-corrected chi connectivity index (χ0v) is 9.61. The van der Waals surface area contributed by atoms with E-state index >= 15 is 0 Å². The minimum atomic E-state index is 0.129. The molecule has 0 N–H and O–H groups in total. The van der Waals surface area contributed by atoms with Gasteiger partial charge in [0.1, 0.15) is 0 Å². The van der Waals surface area contributed by atoms with E-state index in [-0.39, 0.29) is 5.12 Å². The molecule has 0 fully saturated rings. The predicted octanol–water partition coefficient (Wildman–Crippen LogP) is 3.76. The quantitative estimate of drug-likeness (QED) is 0.795. The first-order chi connectivity index (χ1) is 7.86. The number of rotatable bonds is 3. The average Bonchev–Trinajstić information content (AvgIpc) is 2.38. The summed E-state index contributed by atoms with van der Waals surface area (Å²) in [4.78, 5) is 11.8. The Balaban J connectivity index is 1.95. The lowest BCUT2D eigenvalue weighted by Crippen LogP contribution is -1.93. The molecule has 1 nitrogen and oxygen atoms in total. The lowest BCUT2D eigenvalue weighted by Gasteiger charge is -2.00. The maximum atomic E-state index is 11.8. The fraction of sp³-hybridized carbons (Fsp3) is 0.0714. The van der Waals surface area contributed by atoms with Crippen LogP contribution in [0.1, 0.15) is 15.9 Å². The number of thioether (sulfide) groups is 1. The number of hydrogen-bond acceptors (Lipinski definition) is 2. The van der Waals surface area contributed by atoms with Crippen LogP contribution in [0.3, 0.4) is 0 Å². The van der Waals surface area contributed by atoms with Crippen LogP contribution in [0.15, 0.2) is 60.7 Å². The van der Waals surface area contributed by atoms with Crippen molar-refractivity contribution in [2.45, 2.75) is 5.75 Å². The van der Waals surface area contributed by atoms with Gasteiger partial charge in [-0.25, -0.2) is 0 Å². The number of carbonyl (C=O) groups excluding carboxylic acids is 1. The van der Waals surface area contributed by atoms with E-state index in [1.165, 1.54) is 17.3 Å². The lowest BCUT2D eigenvalue weighted by molar-refractivity contribution is 0.108. The monoisotopic (exact) mass is 228 g/mol. The summed E-state index contributed by atoms with van der Waals surface area (Å²) >= 11 is 1.34. The molecule has 0 aliphatic carbocycles. The zero-order chi connectivity index (χ0) is 11.2. The van der Waals surface area contributed by atoms with Crippen LogP contribution < -0.4 is 0 Å². The third-order valence-electron chi connectivity index (χ3n) is 2.22. The molecule has 0 aliphatic rings. The molecule has 16 heavy (non-hydrogen) atoms. The Labute approximate surface area is 99.5 Å². The van der Waals surface area contributed by atoms with Crippen LogP contribution >= 0.6 is 11.8 Å². The van der Waals surface area contributed by atoms with Gasteiger partial charge in [0.05, 0.1) is 0 Å². The fourth-order valence-electron chi connectivity index (χ4n) is 1.38. The molecule has 0 unspecified atom stereocenters. The molecule has 80 valence electrons. The van der Waals surface area contributed by atoms with Gasteiger partial charge in [0.15, 0.2) is 0 Å². The standard InChI is InChI=1S/C14H12OS/c15-14(13-9-5-2-6-10-13)16-11-12-7-3-1-4-8-12/h1-10H,11H2. The summed E-state index contributed by atoms with van der Waals surface area (Å²) in [5.74, 6) is 0.731. The van der Waals surface area contributed by atoms with E-state index < -0.39 is 0 Å². The van der Waals surface area contributed by atoms with Crippen LogP contribution in [0.5, 0.6) is 0 Å². The number of benzene rings is 2. The molecular weight excluding hydrogens is 216 g/mol. The van der Waals surface area contributed by atoms with Gasteiger partial charge in [-0.3, -0.25) is 4.79 Å². The Morgan fingerprint density at radius 2 is 1.44 bits per heavy atom. The van der Waals surface area contributed by atoms with Crippen molar-refractivity contribution in [3.8, 4) is 0 Å². The van der Waals surface area contributed by atoms with Crippen molar-refractivity contribution < 1.29 is 4.79 Å². The van der Waals surface area contributed by atoms with E-state index in [1.54, 1.807) is 0 Å². The van der Waals surface area contributed by atoms with E-state index in [4.69, 9.17) is 0 Å². The van der Waals surface area contributed by atoms with Gasteiger partial charge in [-0.1, -0.05) is 72.4 Å². The number of hydrogen-bond donors (Lipinski definition) is 0. The smallest absolute Gasteiger partial charge is 0.219 e. The molecule has 0 spiro atoms. The van der Waals surface area contributed by atoms with Crippen LogP contribution in [0, 0.1) is 0 Å². The molecule has 0 bridgehead atoms. The fourth-order valence-corrected chi connectivity index (χ4v) is 2.17. The summed E-state index contributed by atoms with van der Waals surface area (Å²) in [7, 11) is 0. The van der Waals surface area contributed by atoms with Crippen LogP contribution in [0.2, 0.25) is 0 Å². The molecule has 2 aromatic carbocycles. The Hall–Kier alpha value is -1.54. The summed E-state index contributed by atoms with van der Waals surface area (Å²) in [5, 5.41) is 0.129. The first kappa shape index (κ1) is 11.0. The third-order valence-corrected chi connectivity index (χ3v) is 3.20. The van der Waals surface area contributed by atoms with E-state index in [9.17, 15) is 4.79 Å². The van der Waals surface area contributed by atoms with Crippen molar-refractivity contribution >= 4 is 16.9 Å². The summed E-state index contributed by atoms with van der Waals surface area (Å²) in [6.07, 6.45) is 0. The molecule has 2 rings (SSSR count). The molecule has 0 aromatic heterocycles. The topological polar surface area (TPSA) is 17.1 Å². The second kappa shape index (κ2) is 5.52. The Kier molecular flexibility index (Phi) is 3.78. The van der Waals surface area contributed by atoms with Crippen molar-refractivity contribution in [1.29, 1.82) is 0 Å². The molecule has 0 heterocycles. The summed E-state index contributed by atoms with van der Waals surface area (Å²) in [6, 6.07) is 19.4. The summed E-state index contributed by atoms with van der Waals surface area (Å²) in [6.45, 7) is 0. The highest BCUT2D eigenvalue weighted by molar-refractivity contribution is 8.13. The Bertz CT molecular complexity index is 451. The first-order valence-electron chi connectivity index (χ1n) is 5.12. The van der Waals surface area contributed by atoms with Gasteiger partial charge in [-0.15, -0.1) is 0 Å². The van der Waals surface area contributed by atoms with Gasteiger partial charge in [0, 0.05) is 11.3 Å². The van der Waals surface area contributed by atoms with Crippen molar-refractivity contribution in [3.63, 3.8) is 0 Å². The second-order valence-corrected chi connectivity index (χ2v) is 4.38. The van der Waals surface area contributed by atoms with Crippen molar-refractivity contribution in [2.75, 3.05) is 0 Å². The van der Waals surface area contributed by atoms with Crippen molar-refractivity contribution in [2.24, 2.45) is 0 Å².